The normalized spacial score (nSPS) is 12.0. The molecule has 0 aliphatic carbocycles. The van der Waals surface area contributed by atoms with E-state index < -0.39 is 0 Å². The number of para-hydroxylation sites is 2. The van der Waals surface area contributed by atoms with Crippen LogP contribution in [-0.4, -0.2) is 9.13 Å². The van der Waals surface area contributed by atoms with Crippen LogP contribution in [0.15, 0.2) is 199 Å². The van der Waals surface area contributed by atoms with Crippen molar-refractivity contribution in [3.63, 3.8) is 0 Å². The van der Waals surface area contributed by atoms with Crippen LogP contribution in [0.3, 0.4) is 0 Å². The van der Waals surface area contributed by atoms with Crippen molar-refractivity contribution in [2.24, 2.45) is 0 Å². The van der Waals surface area contributed by atoms with Gasteiger partial charge in [-0.2, -0.15) is 0 Å². The lowest BCUT2D eigenvalue weighted by atomic mass is 9.99. The Balaban J connectivity index is 1.01. The molecule has 0 amide bonds. The number of rotatable bonds is 4. The largest absolute Gasteiger partial charge is 0.456 e. The van der Waals surface area contributed by atoms with Crippen LogP contribution in [0.1, 0.15) is 0 Å². The topological polar surface area (TPSA) is 23.0 Å². The zero-order valence-electron chi connectivity index (χ0n) is 29.8. The molecule has 0 saturated carbocycles. The van der Waals surface area contributed by atoms with Crippen molar-refractivity contribution in [1.82, 2.24) is 9.13 Å². The van der Waals surface area contributed by atoms with Gasteiger partial charge in [-0.25, -0.2) is 0 Å². The fourth-order valence-electron chi connectivity index (χ4n) is 8.99. The fourth-order valence-corrected chi connectivity index (χ4v) is 8.99. The Kier molecular flexibility index (Phi) is 6.34. The second-order valence-corrected chi connectivity index (χ2v) is 14.5. The SMILES string of the molecule is c1ccc(-c2cccc3oc4cc(-n5c6ccccc6c6cc(-c7ccc8c(c7)c7ccccc7n8-c7ccc8ccccc8c7)ccc65)ccc4c23)cc1. The van der Waals surface area contributed by atoms with Crippen molar-refractivity contribution in [3.05, 3.63) is 194 Å². The molecule has 3 heteroatoms. The summed E-state index contributed by atoms with van der Waals surface area (Å²) in [5.74, 6) is 0. The summed E-state index contributed by atoms with van der Waals surface area (Å²) in [4.78, 5) is 0. The summed E-state index contributed by atoms with van der Waals surface area (Å²) >= 11 is 0. The summed E-state index contributed by atoms with van der Waals surface area (Å²) in [6, 6.07) is 70.2. The average molecular weight is 701 g/mol. The molecule has 0 radical (unpaired) electrons. The molecule has 3 aromatic heterocycles. The molecule has 55 heavy (non-hydrogen) atoms. The molecule has 0 atom stereocenters. The summed E-state index contributed by atoms with van der Waals surface area (Å²) in [5, 5.41) is 9.72. The lowest BCUT2D eigenvalue weighted by Gasteiger charge is -2.10. The van der Waals surface area contributed by atoms with Crippen LogP contribution in [0.4, 0.5) is 0 Å². The minimum atomic E-state index is 0.884. The van der Waals surface area contributed by atoms with E-state index in [1.54, 1.807) is 0 Å². The molecular weight excluding hydrogens is 669 g/mol. The molecule has 3 nitrogen and oxygen atoms in total. The van der Waals surface area contributed by atoms with Gasteiger partial charge in [-0.15, -0.1) is 0 Å². The van der Waals surface area contributed by atoms with E-state index in [4.69, 9.17) is 4.42 Å². The Labute approximate surface area is 316 Å². The second kappa shape index (κ2) is 11.6. The quantitative estimate of drug-likeness (QED) is 0.179. The van der Waals surface area contributed by atoms with Gasteiger partial charge in [0.1, 0.15) is 11.2 Å². The lowest BCUT2D eigenvalue weighted by molar-refractivity contribution is 0.668. The maximum absolute atomic E-state index is 6.55. The third-order valence-electron chi connectivity index (χ3n) is 11.5. The van der Waals surface area contributed by atoms with Gasteiger partial charge >= 0.3 is 0 Å². The van der Waals surface area contributed by atoms with E-state index in [1.165, 1.54) is 82.3 Å². The monoisotopic (exact) mass is 700 g/mol. The van der Waals surface area contributed by atoms with E-state index in [0.717, 1.165) is 27.6 Å². The number of furan rings is 1. The Morgan fingerprint density at radius 1 is 0.309 bits per heavy atom. The minimum absolute atomic E-state index is 0.884. The molecule has 0 spiro atoms. The van der Waals surface area contributed by atoms with Gasteiger partial charge in [0.15, 0.2) is 0 Å². The first-order valence-corrected chi connectivity index (χ1v) is 18.8. The third kappa shape index (κ3) is 4.50. The van der Waals surface area contributed by atoms with E-state index >= 15 is 0 Å². The molecule has 0 aliphatic heterocycles. The highest BCUT2D eigenvalue weighted by atomic mass is 16.3. The zero-order chi connectivity index (χ0) is 36.0. The molecular formula is C52H32N2O. The number of hydrogen-bond acceptors (Lipinski definition) is 1. The smallest absolute Gasteiger partial charge is 0.137 e. The van der Waals surface area contributed by atoms with E-state index in [9.17, 15) is 0 Å². The first-order chi connectivity index (χ1) is 27.3. The fraction of sp³-hybridized carbons (Fsp3) is 0. The molecule has 12 rings (SSSR count). The van der Waals surface area contributed by atoms with Crippen molar-refractivity contribution < 1.29 is 4.42 Å². The summed E-state index contributed by atoms with van der Waals surface area (Å²) in [6.45, 7) is 0. The first kappa shape index (κ1) is 30.1. The number of nitrogens with zero attached hydrogens (tertiary/aromatic N) is 2. The number of benzene rings is 9. The Morgan fingerprint density at radius 3 is 1.60 bits per heavy atom. The van der Waals surface area contributed by atoms with Gasteiger partial charge in [-0.05, 0) is 99.8 Å². The standard InChI is InChI=1S/C52H32N2O/c1-2-12-34(13-3-1)40-17-10-20-50-52(40)43-26-25-39(32-51(43)55-50)54-47-19-9-7-16-42(47)45-31-37(23-28-49(45)54)36-22-27-48-44(30-36)41-15-6-8-18-46(41)53(48)38-24-21-33-11-4-5-14-35(33)29-38/h1-32H. The molecule has 0 bridgehead atoms. The number of aromatic nitrogens is 2. The molecule has 0 unspecified atom stereocenters. The number of fused-ring (bicyclic) bond motifs is 10. The van der Waals surface area contributed by atoms with E-state index in [2.05, 4.69) is 203 Å². The van der Waals surface area contributed by atoms with Crippen molar-refractivity contribution >= 4 is 76.3 Å². The summed E-state index contributed by atoms with van der Waals surface area (Å²) in [5.41, 5.74) is 13.6. The molecule has 0 saturated heterocycles. The Morgan fingerprint density at radius 2 is 0.891 bits per heavy atom. The van der Waals surface area contributed by atoms with Crippen LogP contribution in [0.2, 0.25) is 0 Å². The molecule has 0 N–H and O–H groups in total. The van der Waals surface area contributed by atoms with Crippen LogP contribution >= 0.6 is 0 Å². The predicted molar refractivity (Wildman–Crippen MR) is 231 cm³/mol. The Hall–Kier alpha value is -7.36. The van der Waals surface area contributed by atoms with Crippen LogP contribution < -0.4 is 0 Å². The van der Waals surface area contributed by atoms with Crippen LogP contribution in [-0.2, 0) is 0 Å². The maximum atomic E-state index is 6.55. The summed E-state index contributed by atoms with van der Waals surface area (Å²) in [6.07, 6.45) is 0. The molecule has 0 aliphatic rings. The molecule has 3 heterocycles. The highest BCUT2D eigenvalue weighted by Gasteiger charge is 2.18. The third-order valence-corrected chi connectivity index (χ3v) is 11.5. The van der Waals surface area contributed by atoms with Gasteiger partial charge < -0.3 is 13.6 Å². The van der Waals surface area contributed by atoms with Crippen molar-refractivity contribution in [3.8, 4) is 33.6 Å². The van der Waals surface area contributed by atoms with Gasteiger partial charge in [-0.1, -0.05) is 121 Å². The van der Waals surface area contributed by atoms with Gasteiger partial charge in [0.2, 0.25) is 0 Å². The maximum Gasteiger partial charge on any atom is 0.137 e. The Bertz CT molecular complexity index is 3490. The zero-order valence-corrected chi connectivity index (χ0v) is 29.8. The average Bonchev–Trinajstić information content (AvgIpc) is 3.90. The lowest BCUT2D eigenvalue weighted by Crippen LogP contribution is -1.94. The molecule has 256 valence electrons. The van der Waals surface area contributed by atoms with E-state index in [0.29, 0.717) is 0 Å². The van der Waals surface area contributed by atoms with E-state index in [-0.39, 0.29) is 0 Å². The van der Waals surface area contributed by atoms with E-state index in [1.807, 2.05) is 0 Å². The van der Waals surface area contributed by atoms with Gasteiger partial charge in [0, 0.05) is 49.8 Å². The summed E-state index contributed by atoms with van der Waals surface area (Å²) in [7, 11) is 0. The predicted octanol–water partition coefficient (Wildman–Crippen LogP) is 14.3. The highest BCUT2D eigenvalue weighted by molar-refractivity contribution is 6.15. The van der Waals surface area contributed by atoms with Crippen molar-refractivity contribution in [2.75, 3.05) is 0 Å². The van der Waals surface area contributed by atoms with Crippen LogP contribution in [0.5, 0.6) is 0 Å². The van der Waals surface area contributed by atoms with Gasteiger partial charge in [-0.3, -0.25) is 0 Å². The minimum Gasteiger partial charge on any atom is -0.456 e. The summed E-state index contributed by atoms with van der Waals surface area (Å²) < 4.78 is 11.3. The van der Waals surface area contributed by atoms with Crippen molar-refractivity contribution in [1.29, 1.82) is 0 Å². The van der Waals surface area contributed by atoms with Crippen molar-refractivity contribution in [2.45, 2.75) is 0 Å². The van der Waals surface area contributed by atoms with Gasteiger partial charge in [0.05, 0.1) is 22.1 Å². The second-order valence-electron chi connectivity index (χ2n) is 14.5. The molecule has 12 aromatic rings. The number of hydrogen-bond donors (Lipinski definition) is 0. The van der Waals surface area contributed by atoms with Crippen LogP contribution in [0, 0.1) is 0 Å². The van der Waals surface area contributed by atoms with Gasteiger partial charge in [0.25, 0.3) is 0 Å². The first-order valence-electron chi connectivity index (χ1n) is 18.8. The van der Waals surface area contributed by atoms with Crippen LogP contribution in [0.25, 0.3) is 110 Å². The molecule has 0 fully saturated rings. The molecule has 9 aromatic carbocycles. The highest BCUT2D eigenvalue weighted by Crippen LogP contribution is 2.41.